The number of carboxylic acids is 1. The Morgan fingerprint density at radius 2 is 1.88 bits per heavy atom. The zero-order chi connectivity index (χ0) is 23.4. The minimum atomic E-state index is -0.891. The molecule has 32 heavy (non-hydrogen) atoms. The number of aromatic hydroxyl groups is 1. The standard InChI is InChI=1S/C24H30N2O4S2/c1-23(2)7-10-25-11-8-24(3,4)18-19(25)15(23)12-14(20(18)29)13-16-21(30)26(22(31)32-16)9-5-6-17(27)28/h12-13,29H,5-11H2,1-4H3,(H,27,28)/b16-13-. The van der Waals surface area contributed by atoms with Gasteiger partial charge in [-0.25, -0.2) is 0 Å². The van der Waals surface area contributed by atoms with Gasteiger partial charge in [-0.1, -0.05) is 51.7 Å². The van der Waals surface area contributed by atoms with E-state index in [0.717, 1.165) is 37.2 Å². The van der Waals surface area contributed by atoms with Crippen molar-refractivity contribution in [2.45, 2.75) is 64.2 Å². The fourth-order valence-corrected chi connectivity index (χ4v) is 6.22. The first-order valence-electron chi connectivity index (χ1n) is 11.1. The molecule has 0 spiro atoms. The lowest BCUT2D eigenvalue weighted by molar-refractivity contribution is -0.137. The quantitative estimate of drug-likeness (QED) is 0.476. The molecule has 0 aromatic heterocycles. The zero-order valence-electron chi connectivity index (χ0n) is 19.0. The maximum atomic E-state index is 13.0. The summed E-state index contributed by atoms with van der Waals surface area (Å²) in [4.78, 5) is 28.1. The largest absolute Gasteiger partial charge is 0.507 e. The number of hydrogen-bond acceptors (Lipinski definition) is 6. The van der Waals surface area contributed by atoms with E-state index in [9.17, 15) is 14.7 Å². The first-order chi connectivity index (χ1) is 14.9. The molecule has 0 radical (unpaired) electrons. The Labute approximate surface area is 198 Å². The van der Waals surface area contributed by atoms with Crippen LogP contribution in [0.4, 0.5) is 5.69 Å². The number of aliphatic carboxylic acids is 1. The summed E-state index contributed by atoms with van der Waals surface area (Å²) in [5.41, 5.74) is 3.80. The highest BCUT2D eigenvalue weighted by molar-refractivity contribution is 8.26. The first kappa shape index (κ1) is 23.1. The highest BCUT2D eigenvalue weighted by atomic mass is 32.2. The van der Waals surface area contributed by atoms with Gasteiger partial charge in [0, 0.05) is 42.9 Å². The molecule has 3 aliphatic heterocycles. The number of carboxylic acid groups (broad SMARTS) is 1. The number of amides is 1. The van der Waals surface area contributed by atoms with Crippen LogP contribution in [0.2, 0.25) is 0 Å². The summed E-state index contributed by atoms with van der Waals surface area (Å²) in [6.07, 6.45) is 4.09. The Bertz CT molecular complexity index is 1040. The van der Waals surface area contributed by atoms with Crippen molar-refractivity contribution in [3.8, 4) is 5.75 Å². The van der Waals surface area contributed by atoms with Crippen LogP contribution in [0.3, 0.4) is 0 Å². The van der Waals surface area contributed by atoms with Crippen LogP contribution in [0.5, 0.6) is 5.75 Å². The molecule has 8 heteroatoms. The maximum absolute atomic E-state index is 13.0. The normalized spacial score (nSPS) is 22.4. The highest BCUT2D eigenvalue weighted by Crippen LogP contribution is 2.53. The summed E-state index contributed by atoms with van der Waals surface area (Å²) in [6.45, 7) is 11.1. The molecule has 1 amide bonds. The summed E-state index contributed by atoms with van der Waals surface area (Å²) < 4.78 is 0.428. The Hall–Kier alpha value is -2.06. The van der Waals surface area contributed by atoms with Gasteiger partial charge in [-0.05, 0) is 47.8 Å². The highest BCUT2D eigenvalue weighted by Gasteiger charge is 2.42. The van der Waals surface area contributed by atoms with Gasteiger partial charge in [0.05, 0.1) is 4.91 Å². The number of phenolic OH excluding ortho intramolecular Hbond substituents is 1. The molecule has 0 unspecified atom stereocenters. The van der Waals surface area contributed by atoms with E-state index in [1.54, 1.807) is 6.08 Å². The molecular formula is C24H30N2O4S2. The van der Waals surface area contributed by atoms with Gasteiger partial charge in [0.2, 0.25) is 0 Å². The van der Waals surface area contributed by atoms with Gasteiger partial charge >= 0.3 is 5.97 Å². The number of thiocarbonyl (C=S) groups is 1. The van der Waals surface area contributed by atoms with Crippen molar-refractivity contribution in [2.75, 3.05) is 24.5 Å². The zero-order valence-corrected chi connectivity index (χ0v) is 20.7. The number of phenols is 1. The van der Waals surface area contributed by atoms with Gasteiger partial charge in [0.25, 0.3) is 5.91 Å². The molecule has 172 valence electrons. The number of carbonyl (C=O) groups is 2. The first-order valence-corrected chi connectivity index (χ1v) is 12.3. The van der Waals surface area contributed by atoms with Crippen LogP contribution in [0.1, 0.15) is 70.1 Å². The third kappa shape index (κ3) is 3.92. The van der Waals surface area contributed by atoms with Crippen LogP contribution in [0, 0.1) is 0 Å². The number of hydrogen-bond donors (Lipinski definition) is 2. The molecule has 1 aromatic rings. The minimum Gasteiger partial charge on any atom is -0.507 e. The van der Waals surface area contributed by atoms with E-state index < -0.39 is 5.97 Å². The average molecular weight is 475 g/mol. The van der Waals surface area contributed by atoms with Crippen molar-refractivity contribution < 1.29 is 19.8 Å². The average Bonchev–Trinajstić information content (AvgIpc) is 2.95. The molecular weight excluding hydrogens is 444 g/mol. The number of carbonyl (C=O) groups excluding carboxylic acids is 1. The van der Waals surface area contributed by atoms with E-state index in [-0.39, 0.29) is 35.5 Å². The van der Waals surface area contributed by atoms with Crippen LogP contribution in [-0.2, 0) is 20.4 Å². The van der Waals surface area contributed by atoms with E-state index in [1.165, 1.54) is 22.2 Å². The third-order valence-electron chi connectivity index (χ3n) is 6.97. The topological polar surface area (TPSA) is 81.1 Å². The monoisotopic (exact) mass is 474 g/mol. The SMILES string of the molecule is CC1(C)CCN2CCC(C)(C)c3c(O)c(/C=C4\SC(=S)N(CCCC(=O)O)C4=O)cc1c32. The van der Waals surface area contributed by atoms with Gasteiger partial charge in [-0.3, -0.25) is 14.5 Å². The summed E-state index contributed by atoms with van der Waals surface area (Å²) in [6, 6.07) is 2.04. The molecule has 4 rings (SSSR count). The van der Waals surface area contributed by atoms with E-state index in [0.29, 0.717) is 21.2 Å². The van der Waals surface area contributed by atoms with Crippen LogP contribution in [0.15, 0.2) is 11.0 Å². The summed E-state index contributed by atoms with van der Waals surface area (Å²) in [5.74, 6) is -0.873. The predicted molar refractivity (Wildman–Crippen MR) is 132 cm³/mol. The fourth-order valence-electron chi connectivity index (χ4n) is 4.93. The van der Waals surface area contributed by atoms with Gasteiger partial charge in [0.15, 0.2) is 0 Å². The second-order valence-electron chi connectivity index (χ2n) is 10.2. The minimum absolute atomic E-state index is 0.00819. The molecule has 0 aliphatic carbocycles. The van der Waals surface area contributed by atoms with E-state index >= 15 is 0 Å². The Kier molecular flexibility index (Phi) is 5.82. The molecule has 3 heterocycles. The van der Waals surface area contributed by atoms with Crippen molar-refractivity contribution in [2.24, 2.45) is 0 Å². The Morgan fingerprint density at radius 1 is 1.22 bits per heavy atom. The number of thioether (sulfide) groups is 1. The number of rotatable bonds is 5. The maximum Gasteiger partial charge on any atom is 0.303 e. The fraction of sp³-hybridized carbons (Fsp3) is 0.542. The number of nitrogens with zero attached hydrogens (tertiary/aromatic N) is 2. The van der Waals surface area contributed by atoms with Gasteiger partial charge in [-0.2, -0.15) is 0 Å². The summed E-state index contributed by atoms with van der Waals surface area (Å²) >= 11 is 6.59. The second kappa shape index (κ2) is 8.06. The second-order valence-corrected chi connectivity index (χ2v) is 11.8. The summed E-state index contributed by atoms with van der Waals surface area (Å²) in [7, 11) is 0. The van der Waals surface area contributed by atoms with E-state index in [1.807, 2.05) is 6.07 Å². The van der Waals surface area contributed by atoms with Crippen molar-refractivity contribution in [1.82, 2.24) is 4.90 Å². The molecule has 0 bridgehead atoms. The third-order valence-corrected chi connectivity index (χ3v) is 8.35. The van der Waals surface area contributed by atoms with Crippen LogP contribution in [-0.4, -0.2) is 50.9 Å². The van der Waals surface area contributed by atoms with Crippen molar-refractivity contribution in [3.05, 3.63) is 27.7 Å². The molecule has 0 atom stereocenters. The molecule has 1 aromatic carbocycles. The lowest BCUT2D eigenvalue weighted by Crippen LogP contribution is -2.44. The van der Waals surface area contributed by atoms with Crippen LogP contribution in [0.25, 0.3) is 6.08 Å². The van der Waals surface area contributed by atoms with Crippen molar-refractivity contribution >= 4 is 51.9 Å². The van der Waals surface area contributed by atoms with Crippen LogP contribution < -0.4 is 4.90 Å². The molecule has 0 saturated carbocycles. The molecule has 1 saturated heterocycles. The van der Waals surface area contributed by atoms with Gasteiger partial charge in [-0.15, -0.1) is 0 Å². The Morgan fingerprint density at radius 3 is 2.53 bits per heavy atom. The lowest BCUT2D eigenvalue weighted by atomic mass is 9.68. The lowest BCUT2D eigenvalue weighted by Gasteiger charge is -2.48. The van der Waals surface area contributed by atoms with Crippen LogP contribution >= 0.6 is 24.0 Å². The van der Waals surface area contributed by atoms with Gasteiger partial charge in [0.1, 0.15) is 10.1 Å². The van der Waals surface area contributed by atoms with Crippen molar-refractivity contribution in [3.63, 3.8) is 0 Å². The molecule has 6 nitrogen and oxygen atoms in total. The van der Waals surface area contributed by atoms with Gasteiger partial charge < -0.3 is 15.1 Å². The van der Waals surface area contributed by atoms with E-state index in [4.69, 9.17) is 17.3 Å². The Balaban J connectivity index is 1.76. The smallest absolute Gasteiger partial charge is 0.303 e. The van der Waals surface area contributed by atoms with Crippen molar-refractivity contribution in [1.29, 1.82) is 0 Å². The summed E-state index contributed by atoms with van der Waals surface area (Å²) in [5, 5.41) is 20.2. The predicted octanol–water partition coefficient (Wildman–Crippen LogP) is 4.63. The number of anilines is 1. The molecule has 2 N–H and O–H groups in total. The molecule has 1 fully saturated rings. The molecule has 3 aliphatic rings. The number of benzene rings is 1. The van der Waals surface area contributed by atoms with E-state index in [2.05, 4.69) is 32.6 Å².